The highest BCUT2D eigenvalue weighted by molar-refractivity contribution is 5.91. The number of ether oxygens (including phenoxy) is 1. The number of H-pyrrole nitrogens is 1. The molecule has 2 aromatic carbocycles. The van der Waals surface area contributed by atoms with Crippen molar-refractivity contribution in [3.63, 3.8) is 0 Å². The van der Waals surface area contributed by atoms with E-state index in [1.165, 1.54) is 33.9 Å². The molecule has 0 aliphatic carbocycles. The van der Waals surface area contributed by atoms with Gasteiger partial charge in [-0.05, 0) is 43.0 Å². The molecule has 34 heavy (non-hydrogen) atoms. The van der Waals surface area contributed by atoms with Crippen LogP contribution in [-0.2, 0) is 24.2 Å². The minimum atomic E-state index is -0.258. The van der Waals surface area contributed by atoms with Crippen molar-refractivity contribution < 1.29 is 13.9 Å². The summed E-state index contributed by atoms with van der Waals surface area (Å²) in [6.45, 7) is 7.25. The van der Waals surface area contributed by atoms with E-state index >= 15 is 0 Å². The van der Waals surface area contributed by atoms with E-state index < -0.39 is 0 Å². The standard InChI is InChI=1S/C27H32N4O3/c1-19-8-9-22(20(2)14-19)16-31(12-10-21-15-29-24-7-5-4-6-23(21)24)17-26-30-25(18-34-26)27(32)28-11-13-33-3/h4-9,14-15,18,29H,10-13,16-17H2,1-3H3,(H,28,32). The van der Waals surface area contributed by atoms with Crippen molar-refractivity contribution >= 4 is 16.8 Å². The number of carbonyl (C=O) groups is 1. The van der Waals surface area contributed by atoms with Gasteiger partial charge in [0.25, 0.3) is 5.91 Å². The van der Waals surface area contributed by atoms with Gasteiger partial charge in [0, 0.05) is 43.8 Å². The zero-order chi connectivity index (χ0) is 23.9. The van der Waals surface area contributed by atoms with Gasteiger partial charge in [-0.15, -0.1) is 0 Å². The van der Waals surface area contributed by atoms with Crippen LogP contribution in [0.5, 0.6) is 0 Å². The van der Waals surface area contributed by atoms with Crippen LogP contribution in [0, 0.1) is 13.8 Å². The number of para-hydroxylation sites is 1. The summed E-state index contributed by atoms with van der Waals surface area (Å²) in [7, 11) is 1.60. The van der Waals surface area contributed by atoms with Crippen molar-refractivity contribution in [1.82, 2.24) is 20.2 Å². The van der Waals surface area contributed by atoms with Gasteiger partial charge in [0.2, 0.25) is 5.89 Å². The molecule has 7 heteroatoms. The zero-order valence-corrected chi connectivity index (χ0v) is 20.1. The van der Waals surface area contributed by atoms with Gasteiger partial charge >= 0.3 is 0 Å². The van der Waals surface area contributed by atoms with Gasteiger partial charge in [-0.3, -0.25) is 9.69 Å². The molecule has 0 spiro atoms. The van der Waals surface area contributed by atoms with Gasteiger partial charge in [0.15, 0.2) is 5.69 Å². The molecule has 0 radical (unpaired) electrons. The Labute approximate surface area is 200 Å². The Morgan fingerprint density at radius 3 is 2.82 bits per heavy atom. The van der Waals surface area contributed by atoms with E-state index in [1.54, 1.807) is 7.11 Å². The SMILES string of the molecule is COCCNC(=O)c1coc(CN(CCc2c[nH]c3ccccc23)Cc2ccc(C)cc2C)n1. The normalized spacial score (nSPS) is 11.4. The molecule has 4 aromatic rings. The molecule has 0 atom stereocenters. The maximum atomic E-state index is 12.3. The number of aromatic nitrogens is 2. The highest BCUT2D eigenvalue weighted by atomic mass is 16.5. The van der Waals surface area contributed by atoms with E-state index in [0.29, 0.717) is 25.6 Å². The first kappa shape index (κ1) is 23.7. The van der Waals surface area contributed by atoms with Gasteiger partial charge in [-0.1, -0.05) is 42.0 Å². The number of rotatable bonds is 11. The Morgan fingerprint density at radius 1 is 1.15 bits per heavy atom. The Hall–Kier alpha value is -3.42. The summed E-state index contributed by atoms with van der Waals surface area (Å²) in [5.41, 5.74) is 6.51. The van der Waals surface area contributed by atoms with Crippen molar-refractivity contribution in [2.45, 2.75) is 33.4 Å². The molecule has 7 nitrogen and oxygen atoms in total. The summed E-state index contributed by atoms with van der Waals surface area (Å²) in [5.74, 6) is 0.271. The van der Waals surface area contributed by atoms with Crippen LogP contribution in [0.3, 0.4) is 0 Å². The largest absolute Gasteiger partial charge is 0.447 e. The second-order valence-corrected chi connectivity index (χ2v) is 8.63. The average Bonchev–Trinajstić information content (AvgIpc) is 3.46. The number of oxazole rings is 1. The third kappa shape index (κ3) is 5.92. The Balaban J connectivity index is 1.48. The number of aromatic amines is 1. The number of carbonyl (C=O) groups excluding carboxylic acids is 1. The molecule has 4 rings (SSSR count). The maximum Gasteiger partial charge on any atom is 0.273 e. The fraction of sp³-hybridized carbons (Fsp3) is 0.333. The topological polar surface area (TPSA) is 83.4 Å². The fourth-order valence-electron chi connectivity index (χ4n) is 4.13. The molecular weight excluding hydrogens is 428 g/mol. The van der Waals surface area contributed by atoms with Gasteiger partial charge < -0.3 is 19.5 Å². The molecule has 178 valence electrons. The van der Waals surface area contributed by atoms with Gasteiger partial charge in [-0.2, -0.15) is 0 Å². The lowest BCUT2D eigenvalue weighted by molar-refractivity contribution is 0.0932. The molecule has 0 unspecified atom stereocenters. The first-order valence-corrected chi connectivity index (χ1v) is 11.6. The molecule has 0 aliphatic heterocycles. The second-order valence-electron chi connectivity index (χ2n) is 8.63. The summed E-state index contributed by atoms with van der Waals surface area (Å²) in [6.07, 6.45) is 4.40. The molecule has 0 aliphatic rings. The van der Waals surface area contributed by atoms with Crippen LogP contribution in [-0.4, -0.2) is 47.6 Å². The smallest absolute Gasteiger partial charge is 0.273 e. The number of hydrogen-bond donors (Lipinski definition) is 2. The van der Waals surface area contributed by atoms with E-state index in [0.717, 1.165) is 25.0 Å². The van der Waals surface area contributed by atoms with Gasteiger partial charge in [0.1, 0.15) is 6.26 Å². The minimum Gasteiger partial charge on any atom is -0.447 e. The molecular formula is C27H32N4O3. The highest BCUT2D eigenvalue weighted by Crippen LogP contribution is 2.20. The summed E-state index contributed by atoms with van der Waals surface area (Å²) >= 11 is 0. The van der Waals surface area contributed by atoms with Crippen LogP contribution in [0.2, 0.25) is 0 Å². The van der Waals surface area contributed by atoms with Crippen LogP contribution < -0.4 is 5.32 Å². The molecule has 0 bridgehead atoms. The molecule has 2 N–H and O–H groups in total. The van der Waals surface area contributed by atoms with Crippen LogP contribution >= 0.6 is 0 Å². The summed E-state index contributed by atoms with van der Waals surface area (Å²) in [5, 5.41) is 4.03. The lowest BCUT2D eigenvalue weighted by Crippen LogP contribution is -2.28. The van der Waals surface area contributed by atoms with Crippen LogP contribution in [0.4, 0.5) is 0 Å². The number of aryl methyl sites for hydroxylation is 2. The van der Waals surface area contributed by atoms with Crippen molar-refractivity contribution in [3.05, 3.63) is 88.8 Å². The number of nitrogens with zero attached hydrogens (tertiary/aromatic N) is 2. The number of methoxy groups -OCH3 is 1. The van der Waals surface area contributed by atoms with E-state index in [-0.39, 0.29) is 11.6 Å². The van der Waals surface area contributed by atoms with Crippen molar-refractivity contribution in [2.75, 3.05) is 26.8 Å². The van der Waals surface area contributed by atoms with Crippen molar-refractivity contribution in [1.29, 1.82) is 0 Å². The Bertz CT molecular complexity index is 1240. The quantitative estimate of drug-likeness (QED) is 0.324. The minimum absolute atomic E-state index is 0.258. The number of nitrogens with one attached hydrogen (secondary N) is 2. The predicted molar refractivity (Wildman–Crippen MR) is 133 cm³/mol. The monoisotopic (exact) mass is 460 g/mol. The van der Waals surface area contributed by atoms with E-state index in [1.807, 2.05) is 6.07 Å². The molecule has 0 saturated heterocycles. The number of benzene rings is 2. The summed E-state index contributed by atoms with van der Waals surface area (Å²) in [4.78, 5) is 22.4. The van der Waals surface area contributed by atoms with Crippen molar-refractivity contribution in [2.24, 2.45) is 0 Å². The van der Waals surface area contributed by atoms with Crippen LogP contribution in [0.15, 0.2) is 59.3 Å². The number of amides is 1. The molecule has 1 amide bonds. The summed E-state index contributed by atoms with van der Waals surface area (Å²) in [6, 6.07) is 14.9. The first-order valence-electron chi connectivity index (χ1n) is 11.6. The Kier molecular flexibility index (Phi) is 7.77. The zero-order valence-electron chi connectivity index (χ0n) is 20.1. The average molecular weight is 461 g/mol. The van der Waals surface area contributed by atoms with Crippen LogP contribution in [0.1, 0.15) is 38.6 Å². The van der Waals surface area contributed by atoms with Gasteiger partial charge in [-0.25, -0.2) is 4.98 Å². The van der Waals surface area contributed by atoms with Gasteiger partial charge in [0.05, 0.1) is 13.2 Å². The molecule has 0 fully saturated rings. The molecule has 2 heterocycles. The lowest BCUT2D eigenvalue weighted by atomic mass is 10.0. The molecule has 0 saturated carbocycles. The van der Waals surface area contributed by atoms with E-state index in [2.05, 4.69) is 76.6 Å². The first-order chi connectivity index (χ1) is 16.5. The third-order valence-corrected chi connectivity index (χ3v) is 6.00. The fourth-order valence-corrected chi connectivity index (χ4v) is 4.13. The molecule has 2 aromatic heterocycles. The highest BCUT2D eigenvalue weighted by Gasteiger charge is 2.16. The maximum absolute atomic E-state index is 12.3. The Morgan fingerprint density at radius 2 is 2.00 bits per heavy atom. The summed E-state index contributed by atoms with van der Waals surface area (Å²) < 4.78 is 10.6. The predicted octanol–water partition coefficient (Wildman–Crippen LogP) is 4.39. The lowest BCUT2D eigenvalue weighted by Gasteiger charge is -2.22. The third-order valence-electron chi connectivity index (χ3n) is 6.00. The van der Waals surface area contributed by atoms with Crippen LogP contribution in [0.25, 0.3) is 10.9 Å². The second kappa shape index (κ2) is 11.1. The van der Waals surface area contributed by atoms with E-state index in [4.69, 9.17) is 9.15 Å². The number of fused-ring (bicyclic) bond motifs is 1. The van der Waals surface area contributed by atoms with E-state index in [9.17, 15) is 4.79 Å². The van der Waals surface area contributed by atoms with Crippen molar-refractivity contribution in [3.8, 4) is 0 Å². The number of hydrogen-bond acceptors (Lipinski definition) is 5.